The quantitative estimate of drug-likeness (QED) is 0.697. The summed E-state index contributed by atoms with van der Waals surface area (Å²) in [5.74, 6) is 0.143. The number of hydrogen-bond donors (Lipinski definition) is 1. The molecule has 0 atom stereocenters. The van der Waals surface area contributed by atoms with Crippen LogP contribution in [0.3, 0.4) is 0 Å². The number of aromatic nitrogens is 1. The molecule has 6 nitrogen and oxygen atoms in total. The van der Waals surface area contributed by atoms with Crippen LogP contribution in [0.15, 0.2) is 42.6 Å². The van der Waals surface area contributed by atoms with Crippen LogP contribution in [-0.4, -0.2) is 40.9 Å². The summed E-state index contributed by atoms with van der Waals surface area (Å²) in [6, 6.07) is 10.4. The van der Waals surface area contributed by atoms with Gasteiger partial charge in [0.25, 0.3) is 11.8 Å². The smallest absolute Gasteiger partial charge is 0.272 e. The lowest BCUT2D eigenvalue weighted by atomic mass is 10.2. The fraction of sp³-hybridized carbons (Fsp3) is 0.409. The van der Waals surface area contributed by atoms with Crippen molar-refractivity contribution < 1.29 is 14.3 Å². The normalized spacial score (nSPS) is 10.6. The van der Waals surface area contributed by atoms with Crippen molar-refractivity contribution in [2.24, 2.45) is 0 Å². The molecule has 0 fully saturated rings. The van der Waals surface area contributed by atoms with Crippen LogP contribution in [0.1, 0.15) is 61.4 Å². The van der Waals surface area contributed by atoms with Crippen LogP contribution in [0, 0.1) is 0 Å². The number of rotatable bonds is 9. The minimum absolute atomic E-state index is 0.00804. The highest BCUT2D eigenvalue weighted by Gasteiger charge is 2.18. The molecule has 0 unspecified atom stereocenters. The van der Waals surface area contributed by atoms with Crippen molar-refractivity contribution in [2.75, 3.05) is 18.4 Å². The van der Waals surface area contributed by atoms with Crippen molar-refractivity contribution >= 4 is 17.5 Å². The molecule has 0 aliphatic rings. The van der Waals surface area contributed by atoms with E-state index in [0.717, 1.165) is 12.8 Å². The van der Waals surface area contributed by atoms with E-state index < -0.39 is 0 Å². The molecule has 2 amide bonds. The highest BCUT2D eigenvalue weighted by Crippen LogP contribution is 2.25. The molecule has 0 bridgehead atoms. The van der Waals surface area contributed by atoms with Crippen LogP contribution < -0.4 is 10.1 Å². The summed E-state index contributed by atoms with van der Waals surface area (Å²) in [5, 5.41) is 2.86. The molecule has 1 aromatic heterocycles. The van der Waals surface area contributed by atoms with Gasteiger partial charge in [0.2, 0.25) is 0 Å². The molecular formula is C22H29N3O3. The predicted molar refractivity (Wildman–Crippen MR) is 111 cm³/mol. The van der Waals surface area contributed by atoms with Crippen LogP contribution in [-0.2, 0) is 0 Å². The van der Waals surface area contributed by atoms with Crippen molar-refractivity contribution in [2.45, 2.75) is 46.6 Å². The van der Waals surface area contributed by atoms with Crippen molar-refractivity contribution in [1.29, 1.82) is 0 Å². The highest BCUT2D eigenvalue weighted by atomic mass is 16.5. The van der Waals surface area contributed by atoms with E-state index in [1.54, 1.807) is 23.1 Å². The van der Waals surface area contributed by atoms with Gasteiger partial charge < -0.3 is 15.0 Å². The van der Waals surface area contributed by atoms with Gasteiger partial charge in [-0.2, -0.15) is 0 Å². The first-order chi connectivity index (χ1) is 13.5. The van der Waals surface area contributed by atoms with Crippen molar-refractivity contribution in [3.63, 3.8) is 0 Å². The molecule has 6 heteroatoms. The zero-order valence-corrected chi connectivity index (χ0v) is 17.1. The molecule has 0 spiro atoms. The van der Waals surface area contributed by atoms with E-state index in [0.29, 0.717) is 30.1 Å². The molecule has 0 aliphatic carbocycles. The van der Waals surface area contributed by atoms with Crippen molar-refractivity contribution in [3.8, 4) is 5.75 Å². The van der Waals surface area contributed by atoms with Gasteiger partial charge in [0.15, 0.2) is 0 Å². The van der Waals surface area contributed by atoms with Gasteiger partial charge in [-0.25, -0.2) is 0 Å². The van der Waals surface area contributed by atoms with E-state index in [4.69, 9.17) is 4.74 Å². The summed E-state index contributed by atoms with van der Waals surface area (Å²) in [4.78, 5) is 31.4. The molecule has 28 heavy (non-hydrogen) atoms. The zero-order valence-electron chi connectivity index (χ0n) is 17.1. The lowest BCUT2D eigenvalue weighted by Crippen LogP contribution is -2.33. The van der Waals surface area contributed by atoms with Gasteiger partial charge in [-0.3, -0.25) is 14.6 Å². The maximum absolute atomic E-state index is 12.7. The Hall–Kier alpha value is -2.89. The molecule has 150 valence electrons. The Kier molecular flexibility index (Phi) is 7.99. The molecule has 2 rings (SSSR count). The number of benzene rings is 1. The number of anilines is 1. The van der Waals surface area contributed by atoms with E-state index in [-0.39, 0.29) is 23.6 Å². The first kappa shape index (κ1) is 21.4. The van der Waals surface area contributed by atoms with Crippen LogP contribution in [0.2, 0.25) is 0 Å². The molecule has 0 radical (unpaired) electrons. The van der Waals surface area contributed by atoms with Gasteiger partial charge in [0.05, 0.1) is 11.8 Å². The summed E-state index contributed by atoms with van der Waals surface area (Å²) in [5.41, 5.74) is 1.25. The maximum atomic E-state index is 12.7. The topological polar surface area (TPSA) is 71.5 Å². The second-order valence-corrected chi connectivity index (χ2v) is 6.84. The Labute approximate surface area is 166 Å². The number of ether oxygens (including phenoxy) is 1. The Morgan fingerprint density at radius 2 is 1.79 bits per heavy atom. The Bertz CT molecular complexity index is 799. The first-order valence-corrected chi connectivity index (χ1v) is 9.78. The maximum Gasteiger partial charge on any atom is 0.272 e. The number of nitrogens with zero attached hydrogens (tertiary/aromatic N) is 2. The van der Waals surface area contributed by atoms with E-state index in [1.165, 1.54) is 6.20 Å². The van der Waals surface area contributed by atoms with Crippen LogP contribution in [0.4, 0.5) is 5.69 Å². The number of para-hydroxylation sites is 2. The van der Waals surface area contributed by atoms with Crippen molar-refractivity contribution in [3.05, 3.63) is 53.9 Å². The Morgan fingerprint density at radius 1 is 1.11 bits per heavy atom. The molecule has 0 saturated carbocycles. The van der Waals surface area contributed by atoms with Gasteiger partial charge in [-0.15, -0.1) is 0 Å². The number of nitrogens with one attached hydrogen (secondary N) is 1. The molecular weight excluding hydrogens is 354 g/mol. The van der Waals surface area contributed by atoms with Crippen molar-refractivity contribution in [1.82, 2.24) is 9.88 Å². The minimum atomic E-state index is -0.311. The van der Waals surface area contributed by atoms with Gasteiger partial charge in [-0.1, -0.05) is 26.0 Å². The van der Waals surface area contributed by atoms with Crippen LogP contribution in [0.5, 0.6) is 5.75 Å². The minimum Gasteiger partial charge on any atom is -0.489 e. The molecule has 1 aromatic carbocycles. The predicted octanol–water partition coefficient (Wildman–Crippen LogP) is 4.38. The summed E-state index contributed by atoms with van der Waals surface area (Å²) in [6.45, 7) is 9.26. The average Bonchev–Trinajstić information content (AvgIpc) is 2.68. The molecule has 0 saturated heterocycles. The molecule has 1 heterocycles. The second kappa shape index (κ2) is 10.4. The Morgan fingerprint density at radius 3 is 2.43 bits per heavy atom. The third kappa shape index (κ3) is 5.81. The van der Waals surface area contributed by atoms with Gasteiger partial charge in [-0.05, 0) is 51.0 Å². The van der Waals surface area contributed by atoms with Crippen LogP contribution in [0.25, 0.3) is 0 Å². The van der Waals surface area contributed by atoms with E-state index in [2.05, 4.69) is 10.3 Å². The summed E-state index contributed by atoms with van der Waals surface area (Å²) < 4.78 is 5.74. The van der Waals surface area contributed by atoms with Gasteiger partial charge in [0.1, 0.15) is 11.4 Å². The number of pyridine rings is 1. The second-order valence-electron chi connectivity index (χ2n) is 6.84. The molecule has 0 aliphatic heterocycles. The number of carbonyl (C=O) groups excluding carboxylic acids is 2. The number of hydrogen-bond acceptors (Lipinski definition) is 4. The summed E-state index contributed by atoms with van der Waals surface area (Å²) in [6.07, 6.45) is 3.23. The van der Waals surface area contributed by atoms with Crippen LogP contribution >= 0.6 is 0 Å². The first-order valence-electron chi connectivity index (χ1n) is 9.78. The third-order valence-corrected chi connectivity index (χ3v) is 4.01. The Balaban J connectivity index is 2.20. The van der Waals surface area contributed by atoms with Gasteiger partial charge in [0, 0.05) is 24.8 Å². The van der Waals surface area contributed by atoms with Gasteiger partial charge >= 0.3 is 0 Å². The third-order valence-electron chi connectivity index (χ3n) is 4.01. The largest absolute Gasteiger partial charge is 0.489 e. The fourth-order valence-corrected chi connectivity index (χ4v) is 2.83. The zero-order chi connectivity index (χ0) is 20.5. The number of carbonyl (C=O) groups is 2. The van der Waals surface area contributed by atoms with E-state index >= 15 is 0 Å². The average molecular weight is 383 g/mol. The number of amides is 2. The monoisotopic (exact) mass is 383 g/mol. The van der Waals surface area contributed by atoms with E-state index in [1.807, 2.05) is 45.9 Å². The van der Waals surface area contributed by atoms with E-state index in [9.17, 15) is 9.59 Å². The molecule has 2 aromatic rings. The summed E-state index contributed by atoms with van der Waals surface area (Å²) in [7, 11) is 0. The standard InChI is InChI=1S/C22H29N3O3/c1-5-13-25(14-6-2)22(27)19-15-17(11-12-23-19)21(26)24-18-9-7-8-10-20(18)28-16(3)4/h7-12,15-16H,5-6,13-14H2,1-4H3,(H,24,26). The summed E-state index contributed by atoms with van der Waals surface area (Å²) >= 11 is 0. The lowest BCUT2D eigenvalue weighted by Gasteiger charge is -2.21. The lowest BCUT2D eigenvalue weighted by molar-refractivity contribution is 0.0749. The fourth-order valence-electron chi connectivity index (χ4n) is 2.83. The highest BCUT2D eigenvalue weighted by molar-refractivity contribution is 6.06. The SMILES string of the molecule is CCCN(CCC)C(=O)c1cc(C(=O)Nc2ccccc2OC(C)C)ccn1. The molecule has 1 N–H and O–H groups in total.